The summed E-state index contributed by atoms with van der Waals surface area (Å²) in [6.45, 7) is 0.817. The molecule has 0 amide bonds. The van der Waals surface area contributed by atoms with Crippen LogP contribution in [0.3, 0.4) is 0 Å². The van der Waals surface area contributed by atoms with Crippen molar-refractivity contribution in [1.82, 2.24) is 4.90 Å². The fraction of sp³-hybridized carbons (Fsp3) is 0.417. The van der Waals surface area contributed by atoms with Crippen molar-refractivity contribution in [1.29, 1.82) is 0 Å². The minimum Gasteiger partial charge on any atom is -0.385 e. The predicted octanol–water partition coefficient (Wildman–Crippen LogP) is 4.93. The highest BCUT2D eigenvalue weighted by Crippen LogP contribution is 2.40. The number of hydrogen-bond donors (Lipinski definition) is 1. The van der Waals surface area contributed by atoms with E-state index >= 15 is 0 Å². The third-order valence-corrected chi connectivity index (χ3v) is 5.57. The Morgan fingerprint density at radius 3 is 2.59 bits per heavy atom. The van der Waals surface area contributed by atoms with Crippen LogP contribution in [0.5, 0.6) is 0 Å². The number of benzene rings is 2. The molecule has 3 rings (SSSR count). The summed E-state index contributed by atoms with van der Waals surface area (Å²) in [4.78, 5) is 2.15. The summed E-state index contributed by atoms with van der Waals surface area (Å²) >= 11 is 0. The van der Waals surface area contributed by atoms with Gasteiger partial charge in [0.25, 0.3) is 0 Å². The largest absolute Gasteiger partial charge is 0.385 e. The van der Waals surface area contributed by atoms with E-state index < -0.39 is 5.60 Å². The fourth-order valence-corrected chi connectivity index (χ4v) is 4.27. The molecule has 1 saturated carbocycles. The molecule has 0 aromatic heterocycles. The quantitative estimate of drug-likeness (QED) is 0.757. The minimum atomic E-state index is -0.968. The molecule has 3 heteroatoms. The van der Waals surface area contributed by atoms with Gasteiger partial charge in [-0.25, -0.2) is 4.39 Å². The molecule has 0 aliphatic heterocycles. The van der Waals surface area contributed by atoms with Crippen molar-refractivity contribution in [3.05, 3.63) is 77.1 Å². The molecule has 0 saturated heterocycles. The first kappa shape index (κ1) is 19.8. The van der Waals surface area contributed by atoms with Gasteiger partial charge in [0.2, 0.25) is 0 Å². The minimum absolute atomic E-state index is 0.119. The summed E-state index contributed by atoms with van der Waals surface area (Å²) in [6.07, 6.45) is 6.64. The fourth-order valence-electron chi connectivity index (χ4n) is 4.27. The molecule has 2 atom stereocenters. The van der Waals surface area contributed by atoms with Crippen LogP contribution in [-0.2, 0) is 6.42 Å². The zero-order valence-electron chi connectivity index (χ0n) is 16.4. The molecule has 1 fully saturated rings. The molecule has 1 N–H and O–H groups in total. The van der Waals surface area contributed by atoms with E-state index in [-0.39, 0.29) is 11.7 Å². The van der Waals surface area contributed by atoms with Crippen LogP contribution in [0.25, 0.3) is 6.08 Å². The van der Waals surface area contributed by atoms with Gasteiger partial charge in [-0.1, -0.05) is 55.0 Å². The Kier molecular flexibility index (Phi) is 6.46. The lowest BCUT2D eigenvalue weighted by atomic mass is 9.75. The smallest absolute Gasteiger partial charge is 0.123 e. The van der Waals surface area contributed by atoms with Crippen LogP contribution in [0, 0.1) is 11.7 Å². The molecule has 2 aromatic rings. The average molecular weight is 368 g/mol. The predicted molar refractivity (Wildman–Crippen MR) is 110 cm³/mol. The van der Waals surface area contributed by atoms with Gasteiger partial charge in [0.05, 0.1) is 5.60 Å². The van der Waals surface area contributed by atoms with E-state index in [0.29, 0.717) is 6.42 Å². The van der Waals surface area contributed by atoms with Crippen molar-refractivity contribution >= 4 is 6.08 Å². The van der Waals surface area contributed by atoms with Crippen molar-refractivity contribution in [3.8, 4) is 0 Å². The second kappa shape index (κ2) is 8.81. The van der Waals surface area contributed by atoms with Gasteiger partial charge in [-0.05, 0) is 62.2 Å². The summed E-state index contributed by atoms with van der Waals surface area (Å²) in [5.74, 6) is -0.129. The van der Waals surface area contributed by atoms with E-state index in [1.807, 2.05) is 38.4 Å². The van der Waals surface area contributed by atoms with E-state index in [4.69, 9.17) is 0 Å². The highest BCUT2D eigenvalue weighted by atomic mass is 19.1. The molecule has 1 aliphatic rings. The van der Waals surface area contributed by atoms with Gasteiger partial charge in [0, 0.05) is 18.9 Å². The molecule has 27 heavy (non-hydrogen) atoms. The topological polar surface area (TPSA) is 23.5 Å². The molecule has 0 heterocycles. The first-order chi connectivity index (χ1) is 13.0. The third kappa shape index (κ3) is 5.06. The molecule has 1 aliphatic carbocycles. The number of halogens is 1. The monoisotopic (exact) mass is 367 g/mol. The van der Waals surface area contributed by atoms with Gasteiger partial charge in [0.1, 0.15) is 5.82 Å². The summed E-state index contributed by atoms with van der Waals surface area (Å²) in [5.41, 5.74) is 2.06. The Labute approximate surface area is 162 Å². The lowest BCUT2D eigenvalue weighted by Crippen LogP contribution is -2.45. The molecule has 2 aromatic carbocycles. The number of aliphatic hydroxyl groups is 1. The van der Waals surface area contributed by atoms with E-state index in [1.54, 1.807) is 12.1 Å². The molecular weight excluding hydrogens is 337 g/mol. The Morgan fingerprint density at radius 2 is 1.89 bits per heavy atom. The van der Waals surface area contributed by atoms with Crippen LogP contribution in [0.15, 0.2) is 60.2 Å². The van der Waals surface area contributed by atoms with Crippen molar-refractivity contribution in [2.75, 3.05) is 20.6 Å². The normalized spacial score (nSPS) is 24.9. The molecule has 0 spiro atoms. The first-order valence-electron chi connectivity index (χ1n) is 9.85. The van der Waals surface area contributed by atoms with Crippen LogP contribution in [0.2, 0.25) is 0 Å². The third-order valence-electron chi connectivity index (χ3n) is 5.57. The number of nitrogens with zero attached hydrogens (tertiary/aromatic N) is 1. The molecule has 0 radical (unpaired) electrons. The highest BCUT2D eigenvalue weighted by molar-refractivity contribution is 5.55. The second-order valence-corrected chi connectivity index (χ2v) is 8.02. The average Bonchev–Trinajstić information content (AvgIpc) is 2.76. The van der Waals surface area contributed by atoms with Gasteiger partial charge in [-0.15, -0.1) is 0 Å². The Balaban J connectivity index is 2.03. The van der Waals surface area contributed by atoms with E-state index in [1.165, 1.54) is 6.07 Å². The zero-order chi connectivity index (χ0) is 19.3. The summed E-state index contributed by atoms with van der Waals surface area (Å²) in [6, 6.07) is 16.8. The highest BCUT2D eigenvalue weighted by Gasteiger charge is 2.41. The molecular formula is C24H30FNO. The molecule has 2 unspecified atom stereocenters. The van der Waals surface area contributed by atoms with Crippen molar-refractivity contribution in [3.63, 3.8) is 0 Å². The van der Waals surface area contributed by atoms with Gasteiger partial charge in [-0.3, -0.25) is 0 Å². The van der Waals surface area contributed by atoms with Crippen molar-refractivity contribution < 1.29 is 9.50 Å². The maximum absolute atomic E-state index is 13.8. The molecule has 144 valence electrons. The summed E-state index contributed by atoms with van der Waals surface area (Å²) < 4.78 is 13.8. The van der Waals surface area contributed by atoms with Crippen LogP contribution < -0.4 is 0 Å². The Bertz CT molecular complexity index is 771. The Hall–Kier alpha value is -1.97. The lowest BCUT2D eigenvalue weighted by molar-refractivity contribution is 0.00513. The summed E-state index contributed by atoms with van der Waals surface area (Å²) in [5, 5.41) is 12.0. The van der Waals surface area contributed by atoms with Crippen molar-refractivity contribution in [2.24, 2.45) is 5.92 Å². The summed E-state index contributed by atoms with van der Waals surface area (Å²) in [7, 11) is 4.10. The van der Waals surface area contributed by atoms with Crippen LogP contribution in [0.4, 0.5) is 4.39 Å². The van der Waals surface area contributed by atoms with Crippen LogP contribution >= 0.6 is 0 Å². The second-order valence-electron chi connectivity index (χ2n) is 8.02. The zero-order valence-corrected chi connectivity index (χ0v) is 16.4. The maximum Gasteiger partial charge on any atom is 0.123 e. The van der Waals surface area contributed by atoms with Crippen LogP contribution in [0.1, 0.15) is 36.8 Å². The van der Waals surface area contributed by atoms with E-state index in [9.17, 15) is 9.50 Å². The van der Waals surface area contributed by atoms with Gasteiger partial charge < -0.3 is 10.0 Å². The number of hydrogen-bond acceptors (Lipinski definition) is 2. The van der Waals surface area contributed by atoms with E-state index in [0.717, 1.165) is 48.9 Å². The van der Waals surface area contributed by atoms with Gasteiger partial charge >= 0.3 is 0 Å². The molecule has 0 bridgehead atoms. The van der Waals surface area contributed by atoms with E-state index in [2.05, 4.69) is 23.1 Å². The van der Waals surface area contributed by atoms with Crippen LogP contribution in [-0.4, -0.2) is 36.2 Å². The maximum atomic E-state index is 13.8. The number of rotatable bonds is 5. The standard InChI is InChI=1S/C24H30FNO/c1-26(2)18-22-13-7-6-12-21(15-19-9-4-3-5-10-19)24(22,27)17-20-11-8-14-23(25)16-20/h3-5,8-11,14-16,22,27H,6-7,12-13,17-18H2,1-2H3/b21-15-. The Morgan fingerprint density at radius 1 is 1.11 bits per heavy atom. The molecule has 2 nitrogen and oxygen atoms in total. The SMILES string of the molecule is CN(C)CC1CCCC/C(=C/c2ccccc2)C1(O)Cc1cccc(F)c1. The lowest BCUT2D eigenvalue weighted by Gasteiger charge is -2.39. The first-order valence-corrected chi connectivity index (χ1v) is 9.85. The van der Waals surface area contributed by atoms with Gasteiger partial charge in [-0.2, -0.15) is 0 Å². The van der Waals surface area contributed by atoms with Gasteiger partial charge in [0.15, 0.2) is 0 Å². The van der Waals surface area contributed by atoms with Crippen molar-refractivity contribution in [2.45, 2.75) is 37.7 Å².